The fourth-order valence-electron chi connectivity index (χ4n) is 1.70. The summed E-state index contributed by atoms with van der Waals surface area (Å²) in [5, 5.41) is 3.95. The zero-order valence-electron chi connectivity index (χ0n) is 10.7. The number of benzene rings is 1. The highest BCUT2D eigenvalue weighted by Crippen LogP contribution is 2.26. The van der Waals surface area contributed by atoms with Crippen LogP contribution in [0.2, 0.25) is 0 Å². The Labute approximate surface area is 97.3 Å². The number of rotatable bonds is 1. The zero-order chi connectivity index (χ0) is 12.1. The Balaban J connectivity index is 0.000000606. The minimum absolute atomic E-state index is 0.883. The van der Waals surface area contributed by atoms with E-state index in [0.717, 1.165) is 17.0 Å². The minimum atomic E-state index is 0.883. The van der Waals surface area contributed by atoms with Crippen LogP contribution in [0.25, 0.3) is 11.1 Å². The van der Waals surface area contributed by atoms with Crippen LogP contribution < -0.4 is 0 Å². The molecular weight excluding hydrogens is 198 g/mol. The van der Waals surface area contributed by atoms with E-state index in [0.29, 0.717) is 0 Å². The average Bonchev–Trinajstić information content (AvgIpc) is 2.61. The standard InChI is InChI=1S/C12H13NO.C2H6/c1-8-5-4-6-11(7-8)12-9(2)13-14-10(12)3;1-2/h4-7H,1-3H3;1-2H3. The molecule has 0 radical (unpaired) electrons. The maximum Gasteiger partial charge on any atom is 0.141 e. The lowest BCUT2D eigenvalue weighted by molar-refractivity contribution is 0.393. The summed E-state index contributed by atoms with van der Waals surface area (Å²) in [5.74, 6) is 0.883. The van der Waals surface area contributed by atoms with Crippen molar-refractivity contribution in [1.29, 1.82) is 0 Å². The zero-order valence-corrected chi connectivity index (χ0v) is 10.7. The van der Waals surface area contributed by atoms with Crippen molar-refractivity contribution in [2.45, 2.75) is 34.6 Å². The highest BCUT2D eigenvalue weighted by molar-refractivity contribution is 5.67. The molecule has 1 aromatic heterocycles. The average molecular weight is 217 g/mol. The molecule has 2 heteroatoms. The van der Waals surface area contributed by atoms with Crippen LogP contribution in [0.3, 0.4) is 0 Å². The summed E-state index contributed by atoms with van der Waals surface area (Å²) < 4.78 is 5.14. The van der Waals surface area contributed by atoms with Crippen LogP contribution in [0.15, 0.2) is 28.8 Å². The van der Waals surface area contributed by atoms with Gasteiger partial charge in [0, 0.05) is 5.56 Å². The van der Waals surface area contributed by atoms with Gasteiger partial charge in [0.05, 0.1) is 5.69 Å². The molecule has 0 spiro atoms. The van der Waals surface area contributed by atoms with Crippen molar-refractivity contribution in [2.75, 3.05) is 0 Å². The highest BCUT2D eigenvalue weighted by Gasteiger charge is 2.10. The molecule has 0 bridgehead atoms. The van der Waals surface area contributed by atoms with E-state index in [1.165, 1.54) is 11.1 Å². The van der Waals surface area contributed by atoms with E-state index in [-0.39, 0.29) is 0 Å². The van der Waals surface area contributed by atoms with E-state index in [4.69, 9.17) is 4.52 Å². The van der Waals surface area contributed by atoms with Crippen molar-refractivity contribution in [3.05, 3.63) is 41.3 Å². The van der Waals surface area contributed by atoms with Gasteiger partial charge < -0.3 is 4.52 Å². The van der Waals surface area contributed by atoms with E-state index in [9.17, 15) is 0 Å². The second-order valence-electron chi connectivity index (χ2n) is 3.57. The third-order valence-electron chi connectivity index (χ3n) is 2.34. The van der Waals surface area contributed by atoms with Gasteiger partial charge in [-0.05, 0) is 26.3 Å². The Morgan fingerprint density at radius 2 is 1.75 bits per heavy atom. The van der Waals surface area contributed by atoms with Gasteiger partial charge in [-0.15, -0.1) is 0 Å². The van der Waals surface area contributed by atoms with E-state index in [1.54, 1.807) is 0 Å². The summed E-state index contributed by atoms with van der Waals surface area (Å²) in [6.07, 6.45) is 0. The normalized spacial score (nSPS) is 9.56. The van der Waals surface area contributed by atoms with Gasteiger partial charge >= 0.3 is 0 Å². The lowest BCUT2D eigenvalue weighted by Crippen LogP contribution is -1.82. The second kappa shape index (κ2) is 5.50. The second-order valence-corrected chi connectivity index (χ2v) is 3.57. The first kappa shape index (κ1) is 12.5. The summed E-state index contributed by atoms with van der Waals surface area (Å²) in [7, 11) is 0. The molecule has 0 unspecified atom stereocenters. The predicted molar refractivity (Wildman–Crippen MR) is 67.5 cm³/mol. The van der Waals surface area contributed by atoms with Gasteiger partial charge in [0.15, 0.2) is 0 Å². The first-order valence-electron chi connectivity index (χ1n) is 5.68. The van der Waals surface area contributed by atoms with Gasteiger partial charge in [-0.25, -0.2) is 0 Å². The molecule has 0 aliphatic carbocycles. The Morgan fingerprint density at radius 1 is 1.06 bits per heavy atom. The molecule has 86 valence electrons. The Bertz CT molecular complexity index is 438. The summed E-state index contributed by atoms with van der Waals surface area (Å²) in [6.45, 7) is 9.99. The van der Waals surface area contributed by atoms with Gasteiger partial charge in [0.25, 0.3) is 0 Å². The molecule has 0 aliphatic rings. The molecule has 1 aromatic carbocycles. The number of aromatic nitrogens is 1. The molecule has 0 amide bonds. The van der Waals surface area contributed by atoms with Crippen LogP contribution in [0.4, 0.5) is 0 Å². The highest BCUT2D eigenvalue weighted by atomic mass is 16.5. The predicted octanol–water partition coefficient (Wildman–Crippen LogP) is 4.29. The van der Waals surface area contributed by atoms with E-state index >= 15 is 0 Å². The molecule has 0 N–H and O–H groups in total. The fraction of sp³-hybridized carbons (Fsp3) is 0.357. The maximum atomic E-state index is 5.14. The van der Waals surface area contributed by atoms with Crippen LogP contribution in [0.5, 0.6) is 0 Å². The molecule has 16 heavy (non-hydrogen) atoms. The summed E-state index contributed by atoms with van der Waals surface area (Å²) >= 11 is 0. The Hall–Kier alpha value is -1.57. The number of nitrogens with zero attached hydrogens (tertiary/aromatic N) is 1. The van der Waals surface area contributed by atoms with Gasteiger partial charge in [-0.3, -0.25) is 0 Å². The van der Waals surface area contributed by atoms with Crippen molar-refractivity contribution in [2.24, 2.45) is 0 Å². The van der Waals surface area contributed by atoms with E-state index in [1.807, 2.05) is 27.7 Å². The SMILES string of the molecule is CC.Cc1cccc(-c2c(C)noc2C)c1. The number of hydrogen-bond acceptors (Lipinski definition) is 2. The molecular formula is C14H19NO. The summed E-state index contributed by atoms with van der Waals surface area (Å²) in [4.78, 5) is 0. The molecule has 0 aliphatic heterocycles. The van der Waals surface area contributed by atoms with E-state index < -0.39 is 0 Å². The van der Waals surface area contributed by atoms with Crippen molar-refractivity contribution < 1.29 is 4.52 Å². The summed E-state index contributed by atoms with van der Waals surface area (Å²) in [5.41, 5.74) is 4.51. The molecule has 1 heterocycles. The third kappa shape index (κ3) is 2.51. The van der Waals surface area contributed by atoms with Crippen molar-refractivity contribution in [3.8, 4) is 11.1 Å². The molecule has 2 aromatic rings. The third-order valence-corrected chi connectivity index (χ3v) is 2.34. The molecule has 0 fully saturated rings. The Morgan fingerprint density at radius 3 is 2.25 bits per heavy atom. The van der Waals surface area contributed by atoms with E-state index in [2.05, 4.69) is 36.3 Å². The largest absolute Gasteiger partial charge is 0.361 e. The van der Waals surface area contributed by atoms with Gasteiger partial charge in [-0.2, -0.15) is 0 Å². The molecule has 0 saturated heterocycles. The molecule has 2 nitrogen and oxygen atoms in total. The lowest BCUT2D eigenvalue weighted by atomic mass is 10.0. The van der Waals surface area contributed by atoms with Gasteiger partial charge in [0.2, 0.25) is 0 Å². The number of aryl methyl sites for hydroxylation is 3. The fourth-order valence-corrected chi connectivity index (χ4v) is 1.70. The van der Waals surface area contributed by atoms with Crippen molar-refractivity contribution in [1.82, 2.24) is 5.16 Å². The summed E-state index contributed by atoms with van der Waals surface area (Å²) in [6, 6.07) is 8.37. The smallest absolute Gasteiger partial charge is 0.141 e. The van der Waals surface area contributed by atoms with Gasteiger partial charge in [-0.1, -0.05) is 48.8 Å². The van der Waals surface area contributed by atoms with Crippen LogP contribution in [-0.4, -0.2) is 5.16 Å². The topological polar surface area (TPSA) is 26.0 Å². The van der Waals surface area contributed by atoms with Crippen molar-refractivity contribution >= 4 is 0 Å². The monoisotopic (exact) mass is 217 g/mol. The quantitative estimate of drug-likeness (QED) is 0.712. The number of hydrogen-bond donors (Lipinski definition) is 0. The molecule has 0 saturated carbocycles. The molecule has 2 rings (SSSR count). The Kier molecular flexibility index (Phi) is 4.29. The van der Waals surface area contributed by atoms with Crippen LogP contribution in [0.1, 0.15) is 30.9 Å². The van der Waals surface area contributed by atoms with Gasteiger partial charge in [0.1, 0.15) is 5.76 Å². The first-order chi connectivity index (χ1) is 7.68. The van der Waals surface area contributed by atoms with Crippen LogP contribution in [0, 0.1) is 20.8 Å². The lowest BCUT2D eigenvalue weighted by Gasteiger charge is -2.00. The van der Waals surface area contributed by atoms with Crippen LogP contribution in [-0.2, 0) is 0 Å². The molecule has 0 atom stereocenters. The minimum Gasteiger partial charge on any atom is -0.361 e. The maximum absolute atomic E-state index is 5.14. The van der Waals surface area contributed by atoms with Crippen LogP contribution >= 0.6 is 0 Å². The van der Waals surface area contributed by atoms with Crippen molar-refractivity contribution in [3.63, 3.8) is 0 Å². The first-order valence-corrected chi connectivity index (χ1v) is 5.68.